The van der Waals surface area contributed by atoms with Crippen molar-refractivity contribution in [3.63, 3.8) is 0 Å². The predicted octanol–water partition coefficient (Wildman–Crippen LogP) is 6.15. The molecule has 0 amide bonds. The molecule has 3 aromatic rings. The van der Waals surface area contributed by atoms with E-state index in [0.29, 0.717) is 18.1 Å². The first-order valence-corrected chi connectivity index (χ1v) is 12.2. The van der Waals surface area contributed by atoms with Gasteiger partial charge in [0.25, 0.3) is 0 Å². The van der Waals surface area contributed by atoms with Gasteiger partial charge in [0.1, 0.15) is 0 Å². The van der Waals surface area contributed by atoms with Crippen molar-refractivity contribution in [3.05, 3.63) is 110 Å². The maximum Gasteiger partial charge on any atom is 0.0854 e. The van der Waals surface area contributed by atoms with Crippen LogP contribution in [-0.4, -0.2) is 33.1 Å². The monoisotopic (exact) mass is 486 g/mol. The molecule has 0 atom stereocenters. The highest BCUT2D eigenvalue weighted by Crippen LogP contribution is 2.08. The maximum absolute atomic E-state index is 4.17. The van der Waals surface area contributed by atoms with Crippen molar-refractivity contribution >= 4 is 17.1 Å². The molecule has 0 bridgehead atoms. The number of rotatable bonds is 9. The van der Waals surface area contributed by atoms with Gasteiger partial charge in [-0.25, -0.2) is 0 Å². The van der Waals surface area contributed by atoms with E-state index in [2.05, 4.69) is 92.2 Å². The fraction of sp³-hybridized carbons (Fsp3) is 0.300. The van der Waals surface area contributed by atoms with Crippen molar-refractivity contribution in [3.8, 4) is 0 Å². The molecule has 3 aromatic heterocycles. The molecule has 36 heavy (non-hydrogen) atoms. The van der Waals surface area contributed by atoms with Gasteiger partial charge < -0.3 is 16.0 Å². The molecule has 3 N–H and O–H groups in total. The second kappa shape index (κ2) is 16.7. The molecule has 0 unspecified atom stereocenters. The number of nitrogens with zero attached hydrogens (tertiary/aromatic N) is 3. The first-order chi connectivity index (χ1) is 17.1. The van der Waals surface area contributed by atoms with E-state index in [1.165, 1.54) is 0 Å². The first-order valence-electron chi connectivity index (χ1n) is 12.2. The first kappa shape index (κ1) is 30.1. The molecule has 0 aliphatic rings. The molecule has 0 saturated heterocycles. The Balaban J connectivity index is 0.000000270. The number of nitrogens with one attached hydrogen (secondary N) is 3. The highest BCUT2D eigenvalue weighted by atomic mass is 14.9. The highest BCUT2D eigenvalue weighted by molar-refractivity contribution is 5.61. The molecule has 0 aromatic carbocycles. The van der Waals surface area contributed by atoms with E-state index in [4.69, 9.17) is 0 Å². The Morgan fingerprint density at radius 1 is 0.583 bits per heavy atom. The van der Waals surface area contributed by atoms with Crippen LogP contribution in [-0.2, 0) is 0 Å². The zero-order valence-corrected chi connectivity index (χ0v) is 22.6. The summed E-state index contributed by atoms with van der Waals surface area (Å²) in [6.07, 6.45) is 8.86. The average Bonchev–Trinajstić information content (AvgIpc) is 2.85. The Labute approximate surface area is 217 Å². The molecule has 0 radical (unpaired) electrons. The third kappa shape index (κ3) is 13.1. The SMILES string of the molecule is C=C(NC(C)C)c1ccccn1.C=C(NC(C)C)c1cccnc1.C=C(NC(C)C)c1ccncc1. The van der Waals surface area contributed by atoms with Crippen LogP contribution in [0.5, 0.6) is 0 Å². The summed E-state index contributed by atoms with van der Waals surface area (Å²) >= 11 is 0. The summed E-state index contributed by atoms with van der Waals surface area (Å²) in [6, 6.07) is 14.8. The van der Waals surface area contributed by atoms with Gasteiger partial charge in [0.2, 0.25) is 0 Å². The molecule has 0 spiro atoms. The standard InChI is InChI=1S/3C10H14N2/c1-8(2)12-9(3)10-4-6-11-7-5-10;1-8(2)12-9(3)10-5-4-6-11-7-10;1-8(2)12-9(3)10-6-4-5-7-11-10/h3*4-8,12H,3H2,1-2H3. The van der Waals surface area contributed by atoms with Crippen molar-refractivity contribution in [2.45, 2.75) is 59.7 Å². The summed E-state index contributed by atoms with van der Waals surface area (Å²) in [6.45, 7) is 24.2. The Bertz CT molecular complexity index is 892. The number of pyridine rings is 3. The van der Waals surface area contributed by atoms with E-state index in [1.54, 1.807) is 31.0 Å². The Morgan fingerprint density at radius 2 is 1.14 bits per heavy atom. The number of hydrogen-bond donors (Lipinski definition) is 3. The van der Waals surface area contributed by atoms with Gasteiger partial charge in [0.15, 0.2) is 0 Å². The third-order valence-corrected chi connectivity index (χ3v) is 4.40. The Kier molecular flexibility index (Phi) is 13.9. The van der Waals surface area contributed by atoms with Gasteiger partial charge in [-0.05, 0) is 77.9 Å². The summed E-state index contributed by atoms with van der Waals surface area (Å²) in [5.41, 5.74) is 5.81. The summed E-state index contributed by atoms with van der Waals surface area (Å²) in [5.74, 6) is 0. The predicted molar refractivity (Wildman–Crippen MR) is 155 cm³/mol. The van der Waals surface area contributed by atoms with Crippen LogP contribution < -0.4 is 16.0 Å². The van der Waals surface area contributed by atoms with Crippen molar-refractivity contribution in [2.24, 2.45) is 0 Å². The third-order valence-electron chi connectivity index (χ3n) is 4.40. The zero-order valence-electron chi connectivity index (χ0n) is 22.6. The fourth-order valence-corrected chi connectivity index (χ4v) is 2.92. The largest absolute Gasteiger partial charge is 0.383 e. The molecule has 3 heterocycles. The van der Waals surface area contributed by atoms with Crippen molar-refractivity contribution in [2.75, 3.05) is 0 Å². The van der Waals surface area contributed by atoms with Gasteiger partial charge in [-0.2, -0.15) is 0 Å². The fourth-order valence-electron chi connectivity index (χ4n) is 2.92. The van der Waals surface area contributed by atoms with Crippen LogP contribution in [0.1, 0.15) is 58.4 Å². The van der Waals surface area contributed by atoms with Crippen molar-refractivity contribution in [1.29, 1.82) is 0 Å². The van der Waals surface area contributed by atoms with Gasteiger partial charge in [0.05, 0.1) is 11.4 Å². The zero-order chi connectivity index (χ0) is 26.9. The number of aromatic nitrogens is 3. The quantitative estimate of drug-likeness (QED) is 0.337. The summed E-state index contributed by atoms with van der Waals surface area (Å²) in [7, 11) is 0. The van der Waals surface area contributed by atoms with Gasteiger partial charge >= 0.3 is 0 Å². The molecule has 192 valence electrons. The Morgan fingerprint density at radius 3 is 1.61 bits per heavy atom. The minimum Gasteiger partial charge on any atom is -0.383 e. The van der Waals surface area contributed by atoms with Crippen molar-refractivity contribution < 1.29 is 0 Å². The topological polar surface area (TPSA) is 74.8 Å². The van der Waals surface area contributed by atoms with Crippen LogP contribution in [0.25, 0.3) is 17.1 Å². The van der Waals surface area contributed by atoms with E-state index < -0.39 is 0 Å². The van der Waals surface area contributed by atoms with Crippen LogP contribution in [0.15, 0.2) is 93.2 Å². The van der Waals surface area contributed by atoms with Crippen LogP contribution in [0, 0.1) is 0 Å². The molecule has 0 aliphatic carbocycles. The molecule has 0 aliphatic heterocycles. The van der Waals surface area contributed by atoms with Crippen LogP contribution >= 0.6 is 0 Å². The molecule has 6 nitrogen and oxygen atoms in total. The molecule has 6 heteroatoms. The van der Waals surface area contributed by atoms with Gasteiger partial charge in [-0.15, -0.1) is 0 Å². The lowest BCUT2D eigenvalue weighted by Crippen LogP contribution is -2.20. The molecule has 0 fully saturated rings. The average molecular weight is 487 g/mol. The summed E-state index contributed by atoms with van der Waals surface area (Å²) in [4.78, 5) is 12.1. The van der Waals surface area contributed by atoms with E-state index in [0.717, 1.165) is 33.9 Å². The lowest BCUT2D eigenvalue weighted by atomic mass is 10.2. The van der Waals surface area contributed by atoms with Crippen LogP contribution in [0.4, 0.5) is 0 Å². The van der Waals surface area contributed by atoms with Crippen molar-refractivity contribution in [1.82, 2.24) is 30.9 Å². The summed E-state index contributed by atoms with van der Waals surface area (Å²) < 4.78 is 0. The normalized spacial score (nSPS) is 9.92. The molecular weight excluding hydrogens is 444 g/mol. The van der Waals surface area contributed by atoms with E-state index in [9.17, 15) is 0 Å². The second-order valence-corrected chi connectivity index (χ2v) is 9.03. The van der Waals surface area contributed by atoms with E-state index in [-0.39, 0.29) is 0 Å². The van der Waals surface area contributed by atoms with Crippen LogP contribution in [0.3, 0.4) is 0 Å². The van der Waals surface area contributed by atoms with Gasteiger partial charge in [-0.1, -0.05) is 25.8 Å². The minimum atomic E-state index is 0.402. The van der Waals surface area contributed by atoms with Gasteiger partial charge in [-0.3, -0.25) is 15.0 Å². The number of hydrogen-bond acceptors (Lipinski definition) is 6. The van der Waals surface area contributed by atoms with Crippen LogP contribution in [0.2, 0.25) is 0 Å². The lowest BCUT2D eigenvalue weighted by molar-refractivity contribution is 0.716. The van der Waals surface area contributed by atoms with E-state index in [1.807, 2.05) is 42.5 Å². The Hall–Kier alpha value is -3.93. The molecule has 0 saturated carbocycles. The highest BCUT2D eigenvalue weighted by Gasteiger charge is 2.00. The maximum atomic E-state index is 4.17. The minimum absolute atomic E-state index is 0.402. The summed E-state index contributed by atoms with van der Waals surface area (Å²) in [5, 5.41) is 9.66. The molecular formula is C30H42N6. The van der Waals surface area contributed by atoms with E-state index >= 15 is 0 Å². The molecule has 3 rings (SSSR count). The smallest absolute Gasteiger partial charge is 0.0854 e. The van der Waals surface area contributed by atoms with Gasteiger partial charge in [0, 0.05) is 71.6 Å². The second-order valence-electron chi connectivity index (χ2n) is 9.03. The lowest BCUT2D eigenvalue weighted by Gasteiger charge is -2.12.